The zero-order valence-electron chi connectivity index (χ0n) is 12.6. The lowest BCUT2D eigenvalue weighted by Gasteiger charge is -2.12. The summed E-state index contributed by atoms with van der Waals surface area (Å²) < 4.78 is 13.5. The molecule has 24 heavy (non-hydrogen) atoms. The molecule has 0 heterocycles. The van der Waals surface area contributed by atoms with E-state index in [9.17, 15) is 14.0 Å². The first-order valence-electron chi connectivity index (χ1n) is 7.11. The minimum absolute atomic E-state index is 0.0454. The first-order chi connectivity index (χ1) is 11.5. The first kappa shape index (κ1) is 17.7. The van der Waals surface area contributed by atoms with Crippen molar-refractivity contribution in [1.29, 1.82) is 0 Å². The van der Waals surface area contributed by atoms with Crippen molar-refractivity contribution in [3.05, 3.63) is 58.9 Å². The molecule has 0 aliphatic heterocycles. The summed E-state index contributed by atoms with van der Waals surface area (Å²) in [5.41, 5.74) is 5.97. The molecular weight excluding hydrogens is 335 g/mol. The average molecular weight is 351 g/mol. The quantitative estimate of drug-likeness (QED) is 0.667. The molecule has 0 aliphatic carbocycles. The van der Waals surface area contributed by atoms with Crippen molar-refractivity contribution >= 4 is 34.9 Å². The van der Waals surface area contributed by atoms with Crippen LogP contribution in [0.3, 0.4) is 0 Å². The molecule has 0 aromatic heterocycles. The van der Waals surface area contributed by atoms with Crippen molar-refractivity contribution in [3.63, 3.8) is 0 Å². The summed E-state index contributed by atoms with van der Waals surface area (Å²) in [7, 11) is 0. The summed E-state index contributed by atoms with van der Waals surface area (Å²) in [5, 5.41) is 8.02. The monoisotopic (exact) mass is 350 g/mol. The number of amides is 3. The number of hydrogen-bond donors (Lipinski definition) is 4. The van der Waals surface area contributed by atoms with Gasteiger partial charge in [0.25, 0.3) is 5.91 Å². The maximum absolute atomic E-state index is 13.5. The van der Waals surface area contributed by atoms with Gasteiger partial charge in [0.2, 0.25) is 0 Å². The van der Waals surface area contributed by atoms with Crippen LogP contribution in [-0.4, -0.2) is 25.0 Å². The SMILES string of the molecule is NCCNC(=O)c1ccc(F)cc1NC(=O)Nc1cccc(Cl)c1. The van der Waals surface area contributed by atoms with Crippen molar-refractivity contribution in [3.8, 4) is 0 Å². The maximum Gasteiger partial charge on any atom is 0.323 e. The molecular formula is C16H16ClFN4O2. The minimum atomic E-state index is -0.629. The largest absolute Gasteiger partial charge is 0.351 e. The molecule has 2 aromatic rings. The number of urea groups is 1. The number of hydrogen-bond acceptors (Lipinski definition) is 3. The Kier molecular flexibility index (Phi) is 6.11. The van der Waals surface area contributed by atoms with Gasteiger partial charge in [-0.3, -0.25) is 4.79 Å². The fourth-order valence-electron chi connectivity index (χ4n) is 1.95. The minimum Gasteiger partial charge on any atom is -0.351 e. The maximum atomic E-state index is 13.5. The van der Waals surface area contributed by atoms with Gasteiger partial charge in [0, 0.05) is 23.8 Å². The lowest BCUT2D eigenvalue weighted by Crippen LogP contribution is -2.30. The van der Waals surface area contributed by atoms with E-state index in [-0.39, 0.29) is 24.3 Å². The molecule has 5 N–H and O–H groups in total. The highest BCUT2D eigenvalue weighted by atomic mass is 35.5. The van der Waals surface area contributed by atoms with Crippen LogP contribution in [0.5, 0.6) is 0 Å². The van der Waals surface area contributed by atoms with E-state index in [4.69, 9.17) is 17.3 Å². The summed E-state index contributed by atoms with van der Waals surface area (Å²) in [4.78, 5) is 24.1. The van der Waals surface area contributed by atoms with Crippen LogP contribution in [0, 0.1) is 5.82 Å². The van der Waals surface area contributed by atoms with E-state index in [0.29, 0.717) is 10.7 Å². The highest BCUT2D eigenvalue weighted by molar-refractivity contribution is 6.30. The molecule has 126 valence electrons. The second-order valence-electron chi connectivity index (χ2n) is 4.82. The number of nitrogens with two attached hydrogens (primary N) is 1. The molecule has 0 bridgehead atoms. The number of anilines is 2. The van der Waals surface area contributed by atoms with E-state index < -0.39 is 17.8 Å². The van der Waals surface area contributed by atoms with Crippen LogP contribution in [-0.2, 0) is 0 Å². The Bertz CT molecular complexity index is 755. The van der Waals surface area contributed by atoms with Crippen molar-refractivity contribution in [2.45, 2.75) is 0 Å². The summed E-state index contributed by atoms with van der Waals surface area (Å²) in [5.74, 6) is -1.04. The fraction of sp³-hybridized carbons (Fsp3) is 0.125. The van der Waals surface area contributed by atoms with E-state index in [1.165, 1.54) is 6.07 Å². The predicted octanol–water partition coefficient (Wildman–Crippen LogP) is 2.81. The van der Waals surface area contributed by atoms with Gasteiger partial charge in [-0.05, 0) is 36.4 Å². The number of rotatable bonds is 5. The number of benzene rings is 2. The normalized spacial score (nSPS) is 10.1. The highest BCUT2D eigenvalue weighted by Gasteiger charge is 2.14. The fourth-order valence-corrected chi connectivity index (χ4v) is 2.14. The number of carbonyl (C=O) groups is 2. The average Bonchev–Trinajstić information content (AvgIpc) is 2.52. The third-order valence-corrected chi connectivity index (χ3v) is 3.22. The van der Waals surface area contributed by atoms with Gasteiger partial charge in [0.1, 0.15) is 5.82 Å². The molecule has 0 aliphatic rings. The summed E-state index contributed by atoms with van der Waals surface area (Å²) in [6.07, 6.45) is 0. The topological polar surface area (TPSA) is 96.2 Å². The van der Waals surface area contributed by atoms with Gasteiger partial charge in [-0.25, -0.2) is 9.18 Å². The molecule has 6 nitrogen and oxygen atoms in total. The summed E-state index contributed by atoms with van der Waals surface area (Å²) >= 11 is 5.84. The Morgan fingerprint density at radius 3 is 2.62 bits per heavy atom. The molecule has 3 amide bonds. The molecule has 0 spiro atoms. The van der Waals surface area contributed by atoms with Crippen LogP contribution in [0.15, 0.2) is 42.5 Å². The molecule has 0 saturated carbocycles. The van der Waals surface area contributed by atoms with Gasteiger partial charge < -0.3 is 21.7 Å². The predicted molar refractivity (Wildman–Crippen MR) is 91.9 cm³/mol. The highest BCUT2D eigenvalue weighted by Crippen LogP contribution is 2.19. The van der Waals surface area contributed by atoms with Crippen LogP contribution in [0.25, 0.3) is 0 Å². The Balaban J connectivity index is 2.14. The van der Waals surface area contributed by atoms with Crippen molar-refractivity contribution in [2.24, 2.45) is 5.73 Å². The standard InChI is InChI=1S/C16H16ClFN4O2/c17-10-2-1-3-12(8-10)21-16(24)22-14-9-11(18)4-5-13(14)15(23)20-7-6-19/h1-5,8-9H,6-7,19H2,(H,20,23)(H2,21,22,24). The third kappa shape index (κ3) is 4.94. The molecule has 0 atom stereocenters. The molecule has 2 aromatic carbocycles. The van der Waals surface area contributed by atoms with Gasteiger partial charge >= 0.3 is 6.03 Å². The number of carbonyl (C=O) groups excluding carboxylic acids is 2. The molecule has 0 unspecified atom stereocenters. The number of halogens is 2. The molecule has 2 rings (SSSR count). The summed E-state index contributed by atoms with van der Waals surface area (Å²) in [6.45, 7) is 0.537. The van der Waals surface area contributed by atoms with Gasteiger partial charge in [-0.15, -0.1) is 0 Å². The van der Waals surface area contributed by atoms with Crippen LogP contribution < -0.4 is 21.7 Å². The van der Waals surface area contributed by atoms with Gasteiger partial charge in [0.05, 0.1) is 11.3 Å². The van der Waals surface area contributed by atoms with Gasteiger partial charge in [-0.1, -0.05) is 17.7 Å². The smallest absolute Gasteiger partial charge is 0.323 e. The van der Waals surface area contributed by atoms with Crippen LogP contribution in [0.1, 0.15) is 10.4 Å². The van der Waals surface area contributed by atoms with Crippen molar-refractivity contribution < 1.29 is 14.0 Å². The van der Waals surface area contributed by atoms with Crippen LogP contribution in [0.4, 0.5) is 20.6 Å². The lowest BCUT2D eigenvalue weighted by atomic mass is 10.1. The van der Waals surface area contributed by atoms with E-state index in [2.05, 4.69) is 16.0 Å². The van der Waals surface area contributed by atoms with E-state index in [1.807, 2.05) is 0 Å². The molecule has 0 saturated heterocycles. The van der Waals surface area contributed by atoms with E-state index in [0.717, 1.165) is 12.1 Å². The Morgan fingerprint density at radius 1 is 1.12 bits per heavy atom. The van der Waals surface area contributed by atoms with Gasteiger partial charge in [0.15, 0.2) is 0 Å². The Hall–Kier alpha value is -2.64. The van der Waals surface area contributed by atoms with E-state index in [1.54, 1.807) is 24.3 Å². The first-order valence-corrected chi connectivity index (χ1v) is 7.49. The zero-order valence-corrected chi connectivity index (χ0v) is 13.4. The van der Waals surface area contributed by atoms with E-state index >= 15 is 0 Å². The van der Waals surface area contributed by atoms with Gasteiger partial charge in [-0.2, -0.15) is 0 Å². The third-order valence-electron chi connectivity index (χ3n) is 2.99. The number of nitrogens with one attached hydrogen (secondary N) is 3. The summed E-state index contributed by atoms with van der Waals surface area (Å²) in [6, 6.07) is 9.40. The molecule has 8 heteroatoms. The second kappa shape index (κ2) is 8.28. The Morgan fingerprint density at radius 2 is 1.92 bits per heavy atom. The van der Waals surface area contributed by atoms with Crippen molar-refractivity contribution in [2.75, 3.05) is 23.7 Å². The van der Waals surface area contributed by atoms with Crippen molar-refractivity contribution in [1.82, 2.24) is 5.32 Å². The second-order valence-corrected chi connectivity index (χ2v) is 5.26. The molecule has 0 radical (unpaired) electrons. The lowest BCUT2D eigenvalue weighted by molar-refractivity contribution is 0.0955. The molecule has 0 fully saturated rings. The van der Waals surface area contributed by atoms with Crippen LogP contribution >= 0.6 is 11.6 Å². The zero-order chi connectivity index (χ0) is 17.5. The van der Waals surface area contributed by atoms with Crippen LogP contribution in [0.2, 0.25) is 5.02 Å². The Labute approximate surface area is 143 Å².